The molecule has 0 bridgehead atoms. The average molecular weight is 441 g/mol. The van der Waals surface area contributed by atoms with E-state index in [0.29, 0.717) is 0 Å². The molecule has 0 aliphatic carbocycles. The summed E-state index contributed by atoms with van der Waals surface area (Å²) in [4.78, 5) is 0. The molecule has 0 N–H and O–H groups in total. The van der Waals surface area contributed by atoms with Crippen LogP contribution in [0.1, 0.15) is 22.3 Å². The van der Waals surface area contributed by atoms with Crippen molar-refractivity contribution >= 4 is 15.9 Å². The van der Waals surface area contributed by atoms with Crippen LogP contribution in [0.25, 0.3) is 33.4 Å². The predicted octanol–water partition coefficient (Wildman–Crippen LogP) is 8.68. The van der Waals surface area contributed by atoms with Crippen LogP contribution >= 0.6 is 15.9 Å². The molecular formula is C28H25Br. The monoisotopic (exact) mass is 440 g/mol. The summed E-state index contributed by atoms with van der Waals surface area (Å²) in [6.45, 7) is 8.79. The van der Waals surface area contributed by atoms with Crippen molar-refractivity contribution < 1.29 is 0 Å². The van der Waals surface area contributed by atoms with Crippen LogP contribution in [-0.2, 0) is 0 Å². The normalized spacial score (nSPS) is 10.9. The Morgan fingerprint density at radius 2 is 0.897 bits per heavy atom. The van der Waals surface area contributed by atoms with Crippen LogP contribution in [0, 0.1) is 27.7 Å². The summed E-state index contributed by atoms with van der Waals surface area (Å²) < 4.78 is 1.16. The molecule has 0 radical (unpaired) electrons. The zero-order valence-electron chi connectivity index (χ0n) is 17.4. The topological polar surface area (TPSA) is 0 Å². The molecule has 0 unspecified atom stereocenters. The Bertz CT molecular complexity index is 1070. The first-order valence-electron chi connectivity index (χ1n) is 9.99. The van der Waals surface area contributed by atoms with E-state index in [0.717, 1.165) is 4.47 Å². The van der Waals surface area contributed by atoms with E-state index >= 15 is 0 Å². The lowest BCUT2D eigenvalue weighted by molar-refractivity contribution is 1.35. The molecule has 0 atom stereocenters. The van der Waals surface area contributed by atoms with Crippen LogP contribution < -0.4 is 0 Å². The average Bonchev–Trinajstić information content (AvgIpc) is 2.70. The second-order valence-electron chi connectivity index (χ2n) is 7.78. The molecule has 0 saturated heterocycles. The number of rotatable bonds is 3. The zero-order chi connectivity index (χ0) is 20.5. The van der Waals surface area contributed by atoms with E-state index in [9.17, 15) is 0 Å². The second-order valence-corrected chi connectivity index (χ2v) is 8.58. The molecule has 0 saturated carbocycles. The summed E-state index contributed by atoms with van der Waals surface area (Å²) in [6.07, 6.45) is 0. The quantitative estimate of drug-likeness (QED) is 0.298. The van der Waals surface area contributed by atoms with Crippen molar-refractivity contribution in [1.29, 1.82) is 0 Å². The molecule has 0 aliphatic rings. The van der Waals surface area contributed by atoms with Crippen molar-refractivity contribution in [2.24, 2.45) is 0 Å². The molecule has 0 fully saturated rings. The molecule has 4 rings (SSSR count). The molecule has 0 amide bonds. The Kier molecular flexibility index (Phi) is 5.43. The van der Waals surface area contributed by atoms with Crippen molar-refractivity contribution in [3.05, 3.63) is 106 Å². The largest absolute Gasteiger partial charge is 0.0622 e. The third kappa shape index (κ3) is 3.68. The fraction of sp³-hybridized carbons (Fsp3) is 0.143. The predicted molar refractivity (Wildman–Crippen MR) is 129 cm³/mol. The van der Waals surface area contributed by atoms with Gasteiger partial charge in [-0.1, -0.05) is 66.7 Å². The number of hydrogen-bond acceptors (Lipinski definition) is 0. The van der Waals surface area contributed by atoms with Gasteiger partial charge in [0.15, 0.2) is 0 Å². The summed E-state index contributed by atoms with van der Waals surface area (Å²) in [5, 5.41) is 0. The highest BCUT2D eigenvalue weighted by Gasteiger charge is 2.18. The van der Waals surface area contributed by atoms with Gasteiger partial charge in [0.2, 0.25) is 0 Å². The Hall–Kier alpha value is -2.64. The first kappa shape index (κ1) is 19.7. The van der Waals surface area contributed by atoms with Crippen molar-refractivity contribution in [3.63, 3.8) is 0 Å². The fourth-order valence-electron chi connectivity index (χ4n) is 4.26. The fourth-order valence-corrected chi connectivity index (χ4v) is 4.89. The first-order valence-corrected chi connectivity index (χ1v) is 10.8. The van der Waals surface area contributed by atoms with E-state index in [1.165, 1.54) is 55.6 Å². The van der Waals surface area contributed by atoms with E-state index in [1.807, 2.05) is 0 Å². The summed E-state index contributed by atoms with van der Waals surface area (Å²) in [5.74, 6) is 0. The molecule has 0 aromatic heterocycles. The SMILES string of the molecule is Cc1cccc(C)c1-c1cc(-c2ccccc2)cc(-c2c(C)cccc2C)c1Br. The zero-order valence-corrected chi connectivity index (χ0v) is 19.0. The summed E-state index contributed by atoms with van der Waals surface area (Å²) in [7, 11) is 0. The summed E-state index contributed by atoms with van der Waals surface area (Å²) >= 11 is 4.00. The molecular weight excluding hydrogens is 416 g/mol. The van der Waals surface area contributed by atoms with Gasteiger partial charge in [0.25, 0.3) is 0 Å². The van der Waals surface area contributed by atoms with Gasteiger partial charge < -0.3 is 0 Å². The molecule has 0 spiro atoms. The minimum Gasteiger partial charge on any atom is -0.0622 e. The molecule has 1 heteroatoms. The molecule has 4 aromatic carbocycles. The molecule has 4 aromatic rings. The lowest BCUT2D eigenvalue weighted by Gasteiger charge is -2.19. The van der Waals surface area contributed by atoms with Gasteiger partial charge >= 0.3 is 0 Å². The van der Waals surface area contributed by atoms with Crippen molar-refractivity contribution in [2.75, 3.05) is 0 Å². The molecule has 144 valence electrons. The Morgan fingerprint density at radius 3 is 1.31 bits per heavy atom. The number of benzene rings is 4. The van der Waals surface area contributed by atoms with E-state index in [-0.39, 0.29) is 0 Å². The Morgan fingerprint density at radius 1 is 0.483 bits per heavy atom. The number of halogens is 1. The van der Waals surface area contributed by atoms with Crippen molar-refractivity contribution in [3.8, 4) is 33.4 Å². The van der Waals surface area contributed by atoms with Crippen molar-refractivity contribution in [1.82, 2.24) is 0 Å². The smallest absolute Gasteiger partial charge is 0.0332 e. The van der Waals surface area contributed by atoms with Crippen LogP contribution in [0.5, 0.6) is 0 Å². The highest BCUT2D eigenvalue weighted by Crippen LogP contribution is 2.44. The van der Waals surface area contributed by atoms with Gasteiger partial charge in [-0.05, 0) is 111 Å². The minimum atomic E-state index is 1.16. The molecule has 0 aliphatic heterocycles. The maximum absolute atomic E-state index is 4.00. The third-order valence-corrected chi connectivity index (χ3v) is 6.54. The van der Waals surface area contributed by atoms with E-state index < -0.39 is 0 Å². The van der Waals surface area contributed by atoms with Gasteiger partial charge in [-0.25, -0.2) is 0 Å². The van der Waals surface area contributed by atoms with Gasteiger partial charge in [-0.15, -0.1) is 0 Å². The standard InChI is InChI=1S/C28H25Br/c1-18-10-8-11-19(2)26(18)24-16-23(22-14-6-5-7-15-22)17-25(28(24)29)27-20(3)12-9-13-21(27)4/h5-17H,1-4H3. The van der Waals surface area contributed by atoms with Gasteiger partial charge in [-0.2, -0.15) is 0 Å². The van der Waals surface area contributed by atoms with Crippen LogP contribution in [0.3, 0.4) is 0 Å². The Labute approximate surface area is 182 Å². The van der Waals surface area contributed by atoms with Gasteiger partial charge in [-0.3, -0.25) is 0 Å². The van der Waals surface area contributed by atoms with Gasteiger partial charge in [0, 0.05) is 4.47 Å². The highest BCUT2D eigenvalue weighted by molar-refractivity contribution is 9.10. The molecule has 0 heterocycles. The van der Waals surface area contributed by atoms with Gasteiger partial charge in [0.05, 0.1) is 0 Å². The van der Waals surface area contributed by atoms with Crippen LogP contribution in [0.15, 0.2) is 83.3 Å². The maximum Gasteiger partial charge on any atom is 0.0332 e. The van der Waals surface area contributed by atoms with Crippen LogP contribution in [0.4, 0.5) is 0 Å². The number of aryl methyl sites for hydroxylation is 4. The maximum atomic E-state index is 4.00. The third-order valence-electron chi connectivity index (χ3n) is 5.68. The van der Waals surface area contributed by atoms with Crippen molar-refractivity contribution in [2.45, 2.75) is 27.7 Å². The van der Waals surface area contributed by atoms with E-state index in [4.69, 9.17) is 0 Å². The van der Waals surface area contributed by atoms with Gasteiger partial charge in [0.1, 0.15) is 0 Å². The van der Waals surface area contributed by atoms with E-state index in [1.54, 1.807) is 0 Å². The minimum absolute atomic E-state index is 1.16. The highest BCUT2D eigenvalue weighted by atomic mass is 79.9. The number of hydrogen-bond donors (Lipinski definition) is 0. The Balaban J connectivity index is 2.09. The van der Waals surface area contributed by atoms with Crippen LogP contribution in [0.2, 0.25) is 0 Å². The first-order chi connectivity index (χ1) is 14.0. The van der Waals surface area contributed by atoms with E-state index in [2.05, 4.69) is 122 Å². The summed E-state index contributed by atoms with van der Waals surface area (Å²) in [6, 6.07) is 28.4. The lowest BCUT2D eigenvalue weighted by Crippen LogP contribution is -1.95. The second kappa shape index (κ2) is 8.00. The lowest BCUT2D eigenvalue weighted by atomic mass is 9.87. The molecule has 29 heavy (non-hydrogen) atoms. The summed E-state index contributed by atoms with van der Waals surface area (Å²) in [5.41, 5.74) is 12.8. The van der Waals surface area contributed by atoms with Crippen LogP contribution in [-0.4, -0.2) is 0 Å². The molecule has 0 nitrogen and oxygen atoms in total.